The molecule has 0 aliphatic carbocycles. The second-order valence-corrected chi connectivity index (χ2v) is 3.75. The minimum Gasteiger partial charge on any atom is -0.497 e. The summed E-state index contributed by atoms with van der Waals surface area (Å²) >= 11 is 0. The van der Waals surface area contributed by atoms with Gasteiger partial charge in [0.05, 0.1) is 18.7 Å². The summed E-state index contributed by atoms with van der Waals surface area (Å²) in [6, 6.07) is 2.80. The summed E-state index contributed by atoms with van der Waals surface area (Å²) in [6.45, 7) is -0.117. The highest BCUT2D eigenvalue weighted by atomic mass is 19.4. The molecule has 0 radical (unpaired) electrons. The van der Waals surface area contributed by atoms with Crippen LogP contribution >= 0.6 is 0 Å². The zero-order valence-corrected chi connectivity index (χ0v) is 9.38. The fraction of sp³-hybridized carbons (Fsp3) is 0.364. The minimum absolute atomic E-state index is 0.0332. The molecule has 0 bridgehead atoms. The van der Waals surface area contributed by atoms with Crippen LogP contribution in [0, 0.1) is 0 Å². The average molecular weight is 261 g/mol. The summed E-state index contributed by atoms with van der Waals surface area (Å²) in [5, 5.41) is 2.32. The van der Waals surface area contributed by atoms with Crippen molar-refractivity contribution in [3.05, 3.63) is 29.3 Å². The van der Waals surface area contributed by atoms with Gasteiger partial charge in [0, 0.05) is 0 Å². The Morgan fingerprint density at radius 3 is 2.67 bits per heavy atom. The van der Waals surface area contributed by atoms with Gasteiger partial charge in [0.25, 0.3) is 0 Å². The molecule has 1 saturated heterocycles. The summed E-state index contributed by atoms with van der Waals surface area (Å²) in [6.07, 6.45) is -5.24. The van der Waals surface area contributed by atoms with Gasteiger partial charge in [-0.1, -0.05) is 6.07 Å². The molecule has 1 aromatic carbocycles. The number of cyclic esters (lactones) is 1. The Morgan fingerprint density at radius 2 is 2.17 bits per heavy atom. The van der Waals surface area contributed by atoms with Crippen molar-refractivity contribution in [2.45, 2.75) is 12.2 Å². The normalized spacial score (nSPS) is 19.3. The number of benzene rings is 1. The second kappa shape index (κ2) is 4.40. The molecule has 0 saturated carbocycles. The summed E-state index contributed by atoms with van der Waals surface area (Å²) in [5.74, 6) is 0.108. The lowest BCUT2D eigenvalue weighted by atomic mass is 10.0. The van der Waals surface area contributed by atoms with Crippen LogP contribution in [-0.4, -0.2) is 19.8 Å². The van der Waals surface area contributed by atoms with Gasteiger partial charge in [0.2, 0.25) is 0 Å². The highest BCUT2D eigenvalue weighted by molar-refractivity contribution is 5.70. The lowest BCUT2D eigenvalue weighted by Gasteiger charge is -2.17. The van der Waals surface area contributed by atoms with Crippen LogP contribution in [-0.2, 0) is 10.9 Å². The van der Waals surface area contributed by atoms with Crippen molar-refractivity contribution in [2.75, 3.05) is 13.7 Å². The molecule has 1 aliphatic heterocycles. The molecular formula is C11H10F3NO3. The molecule has 1 atom stereocenters. The Hall–Kier alpha value is -1.92. The Labute approximate surface area is 101 Å². The molecule has 0 spiro atoms. The van der Waals surface area contributed by atoms with Crippen LogP contribution in [0.25, 0.3) is 0 Å². The van der Waals surface area contributed by atoms with Crippen LogP contribution in [0.15, 0.2) is 18.2 Å². The molecule has 1 N–H and O–H groups in total. The third-order valence-corrected chi connectivity index (χ3v) is 2.61. The number of carbonyl (C=O) groups is 1. The zero-order valence-electron chi connectivity index (χ0n) is 9.38. The van der Waals surface area contributed by atoms with Gasteiger partial charge in [0.1, 0.15) is 12.4 Å². The molecule has 1 aliphatic rings. The molecule has 0 unspecified atom stereocenters. The number of alkyl carbamates (subject to hydrolysis) is 1. The summed E-state index contributed by atoms with van der Waals surface area (Å²) in [7, 11) is 1.29. The third kappa shape index (κ3) is 2.34. The van der Waals surface area contributed by atoms with E-state index in [1.165, 1.54) is 19.2 Å². The van der Waals surface area contributed by atoms with Crippen molar-refractivity contribution >= 4 is 6.09 Å². The average Bonchev–Trinajstić information content (AvgIpc) is 2.74. The molecule has 7 heteroatoms. The van der Waals surface area contributed by atoms with E-state index in [1.807, 2.05) is 0 Å². The largest absolute Gasteiger partial charge is 0.497 e. The quantitative estimate of drug-likeness (QED) is 0.889. The van der Waals surface area contributed by atoms with Crippen molar-refractivity contribution < 1.29 is 27.4 Å². The Balaban J connectivity index is 2.43. The van der Waals surface area contributed by atoms with E-state index < -0.39 is 23.9 Å². The van der Waals surface area contributed by atoms with E-state index >= 15 is 0 Å². The van der Waals surface area contributed by atoms with E-state index in [1.54, 1.807) is 0 Å². The van der Waals surface area contributed by atoms with Crippen molar-refractivity contribution in [1.82, 2.24) is 5.32 Å². The fourth-order valence-electron chi connectivity index (χ4n) is 1.76. The maximum atomic E-state index is 12.9. The number of ether oxygens (including phenoxy) is 2. The SMILES string of the molecule is COc1ccc([C@@H]2COC(=O)N2)c(C(F)(F)F)c1. The maximum absolute atomic E-state index is 12.9. The number of methoxy groups -OCH3 is 1. The second-order valence-electron chi connectivity index (χ2n) is 3.75. The summed E-state index contributed by atoms with van der Waals surface area (Å²) < 4.78 is 48.1. The first-order valence-electron chi connectivity index (χ1n) is 5.10. The van der Waals surface area contributed by atoms with Gasteiger partial charge < -0.3 is 14.8 Å². The van der Waals surface area contributed by atoms with Crippen molar-refractivity contribution in [2.24, 2.45) is 0 Å². The monoisotopic (exact) mass is 261 g/mol. The van der Waals surface area contributed by atoms with Gasteiger partial charge in [-0.05, 0) is 17.7 Å². The number of nitrogens with one attached hydrogen (secondary N) is 1. The van der Waals surface area contributed by atoms with E-state index in [4.69, 9.17) is 4.74 Å². The van der Waals surface area contributed by atoms with Crippen molar-refractivity contribution in [1.29, 1.82) is 0 Å². The lowest BCUT2D eigenvalue weighted by Crippen LogP contribution is -2.22. The number of halogens is 3. The van der Waals surface area contributed by atoms with Gasteiger partial charge in [-0.25, -0.2) is 4.79 Å². The van der Waals surface area contributed by atoms with E-state index in [2.05, 4.69) is 10.1 Å². The van der Waals surface area contributed by atoms with Crippen molar-refractivity contribution in [3.63, 3.8) is 0 Å². The van der Waals surface area contributed by atoms with Crippen LogP contribution in [0.1, 0.15) is 17.2 Å². The molecule has 1 heterocycles. The first-order valence-corrected chi connectivity index (χ1v) is 5.10. The Kier molecular flexibility index (Phi) is 3.06. The van der Waals surface area contributed by atoms with Gasteiger partial charge >= 0.3 is 12.3 Å². The lowest BCUT2D eigenvalue weighted by molar-refractivity contribution is -0.138. The molecular weight excluding hydrogens is 251 g/mol. The highest BCUT2D eigenvalue weighted by Crippen LogP contribution is 2.37. The van der Waals surface area contributed by atoms with Crippen LogP contribution in [0.2, 0.25) is 0 Å². The number of hydrogen-bond donors (Lipinski definition) is 1. The molecule has 1 amide bonds. The van der Waals surface area contributed by atoms with Gasteiger partial charge in [-0.15, -0.1) is 0 Å². The predicted molar refractivity (Wildman–Crippen MR) is 55.2 cm³/mol. The topological polar surface area (TPSA) is 47.6 Å². The first-order chi connectivity index (χ1) is 8.41. The number of hydrogen-bond acceptors (Lipinski definition) is 3. The number of carbonyl (C=O) groups excluding carboxylic acids is 1. The van der Waals surface area contributed by atoms with Crippen LogP contribution < -0.4 is 10.1 Å². The molecule has 0 aromatic heterocycles. The smallest absolute Gasteiger partial charge is 0.416 e. The first kappa shape index (κ1) is 12.5. The maximum Gasteiger partial charge on any atom is 0.416 e. The van der Waals surface area contributed by atoms with Gasteiger partial charge in [-0.3, -0.25) is 0 Å². The number of rotatable bonds is 2. The third-order valence-electron chi connectivity index (χ3n) is 2.61. The van der Waals surface area contributed by atoms with Gasteiger partial charge in [-0.2, -0.15) is 13.2 Å². The van der Waals surface area contributed by atoms with E-state index in [0.29, 0.717) is 0 Å². The molecule has 98 valence electrons. The van der Waals surface area contributed by atoms with E-state index in [-0.39, 0.29) is 17.9 Å². The summed E-state index contributed by atoms with van der Waals surface area (Å²) in [5.41, 5.74) is -0.869. The zero-order chi connectivity index (χ0) is 13.3. The number of amides is 1. The standard InChI is InChI=1S/C11H10F3NO3/c1-17-6-2-3-7(8(4-6)11(12,13)14)9-5-18-10(16)15-9/h2-4,9H,5H2,1H3,(H,15,16)/t9-/m0/s1. The Morgan fingerprint density at radius 1 is 1.44 bits per heavy atom. The Bertz CT molecular complexity index is 473. The van der Waals surface area contributed by atoms with Crippen LogP contribution in [0.5, 0.6) is 5.75 Å². The minimum atomic E-state index is -4.52. The predicted octanol–water partition coefficient (Wildman–Crippen LogP) is 2.49. The van der Waals surface area contributed by atoms with Crippen LogP contribution in [0.4, 0.5) is 18.0 Å². The van der Waals surface area contributed by atoms with E-state index in [9.17, 15) is 18.0 Å². The van der Waals surface area contributed by atoms with E-state index in [0.717, 1.165) is 6.07 Å². The molecule has 2 rings (SSSR count). The molecule has 4 nitrogen and oxygen atoms in total. The van der Waals surface area contributed by atoms with Crippen LogP contribution in [0.3, 0.4) is 0 Å². The van der Waals surface area contributed by atoms with Crippen molar-refractivity contribution in [3.8, 4) is 5.75 Å². The molecule has 1 aromatic rings. The number of alkyl halides is 3. The molecule has 18 heavy (non-hydrogen) atoms. The molecule has 1 fully saturated rings. The summed E-state index contributed by atoms with van der Waals surface area (Å²) in [4.78, 5) is 10.9. The highest BCUT2D eigenvalue weighted by Gasteiger charge is 2.37. The fourth-order valence-corrected chi connectivity index (χ4v) is 1.76. The van der Waals surface area contributed by atoms with Gasteiger partial charge in [0.15, 0.2) is 0 Å².